The summed E-state index contributed by atoms with van der Waals surface area (Å²) in [5.41, 5.74) is 0.710. The number of hydrogen-bond donors (Lipinski definition) is 0. The van der Waals surface area contributed by atoms with Crippen LogP contribution in [0.4, 0.5) is 5.69 Å². The van der Waals surface area contributed by atoms with Gasteiger partial charge >= 0.3 is 0 Å². The maximum atomic E-state index is 12.7. The summed E-state index contributed by atoms with van der Waals surface area (Å²) in [6, 6.07) is 10.8. The molecule has 0 aliphatic rings. The summed E-state index contributed by atoms with van der Waals surface area (Å²) in [5.74, 6) is 0.608. The predicted molar refractivity (Wildman–Crippen MR) is 96.1 cm³/mol. The number of methoxy groups -OCH3 is 1. The van der Waals surface area contributed by atoms with Crippen LogP contribution in [0.15, 0.2) is 47.4 Å². The van der Waals surface area contributed by atoms with Crippen LogP contribution >= 0.6 is 0 Å². The van der Waals surface area contributed by atoms with E-state index in [2.05, 4.69) is 0 Å². The van der Waals surface area contributed by atoms with E-state index >= 15 is 0 Å². The predicted octanol–water partition coefficient (Wildman–Crippen LogP) is 2.61. The van der Waals surface area contributed by atoms with Crippen molar-refractivity contribution in [3.8, 4) is 11.5 Å². The molecule has 0 spiro atoms. The molecule has 140 valence electrons. The Balaban J connectivity index is 2.13. The zero-order valence-corrected chi connectivity index (χ0v) is 15.5. The van der Waals surface area contributed by atoms with Gasteiger partial charge in [0.15, 0.2) is 0 Å². The number of likely N-dealkylation sites (N-methyl/N-ethyl adjacent to an activating group) is 1. The van der Waals surface area contributed by atoms with E-state index in [1.807, 2.05) is 31.2 Å². The SMILES string of the molecule is COc1cc([N+](=O)[O-])ccc1S(=O)(=O)N(C)CCOc1ccccc1C. The van der Waals surface area contributed by atoms with E-state index in [0.717, 1.165) is 22.0 Å². The average Bonchev–Trinajstić information content (AvgIpc) is 2.62. The van der Waals surface area contributed by atoms with Crippen LogP contribution in [0.2, 0.25) is 0 Å². The minimum absolute atomic E-state index is 0.0779. The number of nitro groups is 1. The Morgan fingerprint density at radius 2 is 1.85 bits per heavy atom. The molecule has 9 heteroatoms. The molecule has 0 N–H and O–H groups in total. The second-order valence-electron chi connectivity index (χ2n) is 5.53. The van der Waals surface area contributed by atoms with E-state index in [-0.39, 0.29) is 29.5 Å². The number of nitrogens with zero attached hydrogens (tertiary/aromatic N) is 2. The second-order valence-corrected chi connectivity index (χ2v) is 7.55. The molecule has 0 radical (unpaired) electrons. The summed E-state index contributed by atoms with van der Waals surface area (Å²) in [4.78, 5) is 10.1. The molecule has 0 bridgehead atoms. The van der Waals surface area contributed by atoms with Gasteiger partial charge in [-0.1, -0.05) is 18.2 Å². The van der Waals surface area contributed by atoms with Gasteiger partial charge in [0, 0.05) is 19.7 Å². The van der Waals surface area contributed by atoms with E-state index in [4.69, 9.17) is 9.47 Å². The fourth-order valence-corrected chi connectivity index (χ4v) is 3.56. The molecule has 0 atom stereocenters. The highest BCUT2D eigenvalue weighted by Gasteiger charge is 2.26. The minimum Gasteiger partial charge on any atom is -0.495 e. The van der Waals surface area contributed by atoms with E-state index in [1.165, 1.54) is 20.2 Å². The lowest BCUT2D eigenvalue weighted by Crippen LogP contribution is -2.31. The Morgan fingerprint density at radius 1 is 1.15 bits per heavy atom. The topological polar surface area (TPSA) is 99.0 Å². The van der Waals surface area contributed by atoms with Gasteiger partial charge in [0.1, 0.15) is 23.0 Å². The number of ether oxygens (including phenoxy) is 2. The number of benzene rings is 2. The van der Waals surface area contributed by atoms with Crippen LogP contribution in [0.1, 0.15) is 5.56 Å². The van der Waals surface area contributed by atoms with E-state index in [1.54, 1.807) is 0 Å². The molecule has 0 fully saturated rings. The molecular formula is C17H20N2O6S. The quantitative estimate of drug-likeness (QED) is 0.516. The van der Waals surface area contributed by atoms with Crippen LogP contribution < -0.4 is 9.47 Å². The zero-order chi connectivity index (χ0) is 19.3. The highest BCUT2D eigenvalue weighted by atomic mass is 32.2. The van der Waals surface area contributed by atoms with Crippen LogP contribution in [0, 0.1) is 17.0 Å². The monoisotopic (exact) mass is 380 g/mol. The van der Waals surface area contributed by atoms with Gasteiger partial charge in [0.05, 0.1) is 18.1 Å². The van der Waals surface area contributed by atoms with E-state index in [0.29, 0.717) is 5.75 Å². The van der Waals surface area contributed by atoms with Crippen molar-refractivity contribution >= 4 is 15.7 Å². The fraction of sp³-hybridized carbons (Fsp3) is 0.294. The normalized spacial score (nSPS) is 11.4. The molecule has 0 amide bonds. The summed E-state index contributed by atoms with van der Waals surface area (Å²) in [5, 5.41) is 10.8. The maximum absolute atomic E-state index is 12.7. The van der Waals surface area contributed by atoms with Gasteiger partial charge in [-0.25, -0.2) is 8.42 Å². The Kier molecular flexibility index (Phi) is 6.17. The highest BCUT2D eigenvalue weighted by molar-refractivity contribution is 7.89. The van der Waals surface area contributed by atoms with Crippen molar-refractivity contribution in [2.24, 2.45) is 0 Å². The van der Waals surface area contributed by atoms with Gasteiger partial charge in [-0.3, -0.25) is 10.1 Å². The first-order valence-electron chi connectivity index (χ1n) is 7.74. The van der Waals surface area contributed by atoms with Crippen molar-refractivity contribution in [1.82, 2.24) is 4.31 Å². The average molecular weight is 380 g/mol. The number of nitro benzene ring substituents is 1. The van der Waals surface area contributed by atoms with Crippen LogP contribution in [0.5, 0.6) is 11.5 Å². The first-order chi connectivity index (χ1) is 12.3. The third-order valence-electron chi connectivity index (χ3n) is 3.80. The summed E-state index contributed by atoms with van der Waals surface area (Å²) in [6.45, 7) is 2.17. The summed E-state index contributed by atoms with van der Waals surface area (Å²) >= 11 is 0. The zero-order valence-electron chi connectivity index (χ0n) is 14.7. The third kappa shape index (κ3) is 4.30. The highest BCUT2D eigenvalue weighted by Crippen LogP contribution is 2.30. The molecule has 0 unspecified atom stereocenters. The number of sulfonamides is 1. The molecule has 2 rings (SSSR count). The first-order valence-corrected chi connectivity index (χ1v) is 9.18. The summed E-state index contributed by atoms with van der Waals surface area (Å²) in [6.07, 6.45) is 0. The van der Waals surface area contributed by atoms with Crippen LogP contribution in [0.3, 0.4) is 0 Å². The Morgan fingerprint density at radius 3 is 2.46 bits per heavy atom. The first kappa shape index (κ1) is 19.7. The standard InChI is InChI=1S/C17H20N2O6S/c1-13-6-4-5-7-15(13)25-11-10-18(2)26(22,23)17-9-8-14(19(20)21)12-16(17)24-3/h4-9,12H,10-11H2,1-3H3. The largest absolute Gasteiger partial charge is 0.495 e. The maximum Gasteiger partial charge on any atom is 0.273 e. The molecule has 2 aromatic carbocycles. The summed E-state index contributed by atoms with van der Waals surface area (Å²) in [7, 11) is -1.21. The second kappa shape index (κ2) is 8.15. The fourth-order valence-electron chi connectivity index (χ4n) is 2.27. The molecule has 0 aromatic heterocycles. The van der Waals surface area contributed by atoms with Crippen molar-refractivity contribution in [2.45, 2.75) is 11.8 Å². The molecular weight excluding hydrogens is 360 g/mol. The number of non-ortho nitro benzene ring substituents is 1. The Hall–Kier alpha value is -2.65. The lowest BCUT2D eigenvalue weighted by molar-refractivity contribution is -0.385. The van der Waals surface area contributed by atoms with Crippen LogP contribution in [-0.2, 0) is 10.0 Å². The molecule has 26 heavy (non-hydrogen) atoms. The molecule has 0 heterocycles. The third-order valence-corrected chi connectivity index (χ3v) is 5.70. The van der Waals surface area contributed by atoms with Crippen LogP contribution in [-0.4, -0.2) is 45.0 Å². The van der Waals surface area contributed by atoms with Crippen molar-refractivity contribution < 1.29 is 22.8 Å². The number of hydrogen-bond acceptors (Lipinski definition) is 6. The van der Waals surface area contributed by atoms with Crippen molar-refractivity contribution in [1.29, 1.82) is 0 Å². The molecule has 0 aliphatic carbocycles. The van der Waals surface area contributed by atoms with Gasteiger partial charge in [0.25, 0.3) is 5.69 Å². The van der Waals surface area contributed by atoms with Gasteiger partial charge in [0.2, 0.25) is 10.0 Å². The van der Waals surface area contributed by atoms with Gasteiger partial charge in [-0.2, -0.15) is 4.31 Å². The molecule has 0 aliphatic heterocycles. The van der Waals surface area contributed by atoms with Gasteiger partial charge < -0.3 is 9.47 Å². The van der Waals surface area contributed by atoms with Crippen molar-refractivity contribution in [3.05, 3.63) is 58.1 Å². The molecule has 8 nitrogen and oxygen atoms in total. The van der Waals surface area contributed by atoms with E-state index in [9.17, 15) is 18.5 Å². The molecule has 2 aromatic rings. The van der Waals surface area contributed by atoms with Gasteiger partial charge in [-0.05, 0) is 24.6 Å². The Labute approximate surface area is 152 Å². The minimum atomic E-state index is -3.88. The van der Waals surface area contributed by atoms with Gasteiger partial charge in [-0.15, -0.1) is 0 Å². The smallest absolute Gasteiger partial charge is 0.273 e. The summed E-state index contributed by atoms with van der Waals surface area (Å²) < 4.78 is 37.2. The van der Waals surface area contributed by atoms with E-state index < -0.39 is 14.9 Å². The number of para-hydroxylation sites is 1. The van der Waals surface area contributed by atoms with Crippen LogP contribution in [0.25, 0.3) is 0 Å². The lowest BCUT2D eigenvalue weighted by Gasteiger charge is -2.19. The van der Waals surface area contributed by atoms with Crippen molar-refractivity contribution in [2.75, 3.05) is 27.3 Å². The Bertz CT molecular complexity index is 898. The molecule has 0 saturated heterocycles. The molecule has 0 saturated carbocycles. The number of aryl methyl sites for hydroxylation is 1. The van der Waals surface area contributed by atoms with Crippen molar-refractivity contribution in [3.63, 3.8) is 0 Å². The number of rotatable bonds is 8. The lowest BCUT2D eigenvalue weighted by atomic mass is 10.2.